The second-order valence-corrected chi connectivity index (χ2v) is 17.2. The van der Waals surface area contributed by atoms with Gasteiger partial charge in [-0.2, -0.15) is 13.5 Å². The van der Waals surface area contributed by atoms with Crippen molar-refractivity contribution in [3.63, 3.8) is 0 Å². The van der Waals surface area contributed by atoms with Gasteiger partial charge in [0.05, 0.1) is 10.7 Å². The number of carbonyl (C=O) groups is 2. The molecule has 0 bridgehead atoms. The topological polar surface area (TPSA) is 187 Å². The number of nitrogens with zero attached hydrogens (tertiary/aromatic N) is 3. The van der Waals surface area contributed by atoms with E-state index in [4.69, 9.17) is 21.2 Å². The molecule has 16 heteroatoms. The van der Waals surface area contributed by atoms with Gasteiger partial charge < -0.3 is 25.1 Å². The van der Waals surface area contributed by atoms with Crippen molar-refractivity contribution in [1.29, 1.82) is 0 Å². The Balaban J connectivity index is 0.00000794. The van der Waals surface area contributed by atoms with Gasteiger partial charge in [0.25, 0.3) is 16.0 Å². The molecule has 2 amide bonds. The minimum absolute atomic E-state index is 0. The zero-order chi connectivity index (χ0) is 43.6. The number of aromatic hydroxyl groups is 2. The third kappa shape index (κ3) is 10.4. The number of halogens is 1. The quantitative estimate of drug-likeness (QED) is 0.0364. The van der Waals surface area contributed by atoms with Crippen LogP contribution in [-0.2, 0) is 30.5 Å². The molecule has 314 valence electrons. The van der Waals surface area contributed by atoms with E-state index in [9.17, 15) is 32.8 Å². The summed E-state index contributed by atoms with van der Waals surface area (Å²) in [7, 11) is -4.85. The van der Waals surface area contributed by atoms with E-state index in [-0.39, 0.29) is 91.4 Å². The first-order chi connectivity index (χ1) is 27.6. The van der Waals surface area contributed by atoms with E-state index in [1.807, 2.05) is 12.1 Å². The number of hydrogen-bond acceptors (Lipinski definition) is 10. The van der Waals surface area contributed by atoms with Crippen molar-refractivity contribution in [2.24, 2.45) is 10.2 Å². The van der Waals surface area contributed by atoms with Gasteiger partial charge in [-0.1, -0.05) is 78.3 Å². The fourth-order valence-corrected chi connectivity index (χ4v) is 6.92. The van der Waals surface area contributed by atoms with E-state index in [0.29, 0.717) is 22.7 Å². The predicted octanol–water partition coefficient (Wildman–Crippen LogP) is 11.1. The Morgan fingerprint density at radius 3 is 2.08 bits per heavy atom. The number of nitrogens with one attached hydrogen (secondary N) is 1. The number of fused-ring (bicyclic) bond motifs is 1. The van der Waals surface area contributed by atoms with E-state index in [1.165, 1.54) is 43.3 Å². The number of hydroxylamine groups is 1. The first-order valence-corrected chi connectivity index (χ1v) is 20.9. The number of carbonyl (C=O) groups excluding carboxylic acids is 2. The molecular weight excluding hydrogens is 819 g/mol. The number of phenols is 2. The van der Waals surface area contributed by atoms with Crippen molar-refractivity contribution in [2.75, 3.05) is 10.4 Å². The summed E-state index contributed by atoms with van der Waals surface area (Å²) >= 11 is 6.62. The average Bonchev–Trinajstić information content (AvgIpc) is 3.19. The van der Waals surface area contributed by atoms with Gasteiger partial charge in [-0.05, 0) is 90.1 Å². The molecule has 4 N–H and O–H groups in total. The minimum atomic E-state index is -4.85. The zero-order valence-electron chi connectivity index (χ0n) is 34.5. The summed E-state index contributed by atoms with van der Waals surface area (Å²) < 4.78 is 40.8. The van der Waals surface area contributed by atoms with E-state index >= 15 is 0 Å². The second-order valence-electron chi connectivity index (χ2n) is 15.5. The molecule has 0 saturated carbocycles. The molecule has 5 aromatic rings. The van der Waals surface area contributed by atoms with E-state index in [1.54, 1.807) is 26.0 Å². The molecule has 0 aromatic heterocycles. The van der Waals surface area contributed by atoms with Crippen LogP contribution in [-0.4, -0.2) is 64.6 Å². The normalized spacial score (nSPS) is 12.0. The van der Waals surface area contributed by atoms with E-state index in [0.717, 1.165) is 35.1 Å². The van der Waals surface area contributed by atoms with Gasteiger partial charge in [0.15, 0.2) is 17.2 Å². The molecule has 0 atom stereocenters. The summed E-state index contributed by atoms with van der Waals surface area (Å²) in [5.41, 5.74) is 2.02. The summed E-state index contributed by atoms with van der Waals surface area (Å²) in [4.78, 5) is 30.8. The summed E-state index contributed by atoms with van der Waals surface area (Å²) in [6, 6.07) is 19.1. The molecule has 0 aliphatic rings. The van der Waals surface area contributed by atoms with Gasteiger partial charge in [-0.25, -0.2) is 0 Å². The van der Waals surface area contributed by atoms with Crippen LogP contribution in [0.5, 0.6) is 28.7 Å². The van der Waals surface area contributed by atoms with Crippen molar-refractivity contribution in [3.05, 3.63) is 94.5 Å². The van der Waals surface area contributed by atoms with Crippen LogP contribution in [0, 0.1) is 6.92 Å². The molecule has 5 aromatic carbocycles. The summed E-state index contributed by atoms with van der Waals surface area (Å²) in [5, 5.41) is 34.5. The maximum atomic E-state index is 13.2. The van der Waals surface area contributed by atoms with Crippen LogP contribution in [0.3, 0.4) is 0 Å². The number of anilines is 2. The number of ether oxygens (including phenoxy) is 1. The fraction of sp³-hybridized carbons (Fsp3) is 0.318. The molecule has 0 fully saturated rings. The molecule has 0 aliphatic carbocycles. The van der Waals surface area contributed by atoms with Crippen molar-refractivity contribution < 1.29 is 42.3 Å². The third-order valence-electron chi connectivity index (χ3n) is 10.6. The van der Waals surface area contributed by atoms with Crippen LogP contribution in [0.25, 0.3) is 10.8 Å². The van der Waals surface area contributed by atoms with Crippen molar-refractivity contribution >= 4 is 96.6 Å². The Labute approximate surface area is 377 Å². The van der Waals surface area contributed by atoms with Crippen molar-refractivity contribution in [3.8, 4) is 28.7 Å². The van der Waals surface area contributed by atoms with Crippen molar-refractivity contribution in [2.45, 2.75) is 97.3 Å². The standard InChI is InChI=1S/C44H49ClN4O9S.Na.H/c1-10-38(51)46-30-15-13-27-21-37(59(54,55)56)40(41(52)32(27)23-30)48-47-29-16-18-31(19-17-29)57-36-24-34(42(53)39(45)25(36)4)49(26(5)50)58-35-20-14-28(43(6,7)11-2)22-33(35)44(8,9)12-3;;/h13-24,52-53H,10-12H2,1-9H3,(H,46,51)(H,54,55,56);;. The first-order valence-electron chi connectivity index (χ1n) is 19.0. The number of azo groups is 1. The van der Waals surface area contributed by atoms with Gasteiger partial charge in [0, 0.05) is 41.6 Å². The third-order valence-corrected chi connectivity index (χ3v) is 12.0. The Morgan fingerprint density at radius 1 is 0.850 bits per heavy atom. The molecule has 60 heavy (non-hydrogen) atoms. The van der Waals surface area contributed by atoms with E-state index in [2.05, 4.69) is 63.2 Å². The fourth-order valence-electron chi connectivity index (χ4n) is 6.07. The van der Waals surface area contributed by atoms with Crippen molar-refractivity contribution in [1.82, 2.24) is 0 Å². The van der Waals surface area contributed by atoms with Crippen LogP contribution in [0.15, 0.2) is 87.9 Å². The SMILES string of the molecule is CCC(=O)Nc1ccc2cc(S(=O)(=O)O)c(N=Nc3ccc(Oc4cc(N(Oc5ccc(C(C)(C)CC)cc5C(C)(C)CC)C(C)=O)c(O)c(Cl)c4C)cc3)c(O)c2c1.[NaH]. The van der Waals surface area contributed by atoms with Crippen LogP contribution in [0.1, 0.15) is 91.3 Å². The molecule has 0 radical (unpaired) electrons. The summed E-state index contributed by atoms with van der Waals surface area (Å²) in [6.07, 6.45) is 1.93. The van der Waals surface area contributed by atoms with Crippen LogP contribution < -0.4 is 20.0 Å². The van der Waals surface area contributed by atoms with Crippen LogP contribution in [0.2, 0.25) is 5.02 Å². The first kappa shape index (κ1) is 48.0. The molecule has 0 unspecified atom stereocenters. The number of amides is 2. The molecule has 13 nitrogen and oxygen atoms in total. The van der Waals surface area contributed by atoms with Gasteiger partial charge >= 0.3 is 29.6 Å². The van der Waals surface area contributed by atoms with Crippen LogP contribution in [0.4, 0.5) is 22.7 Å². The number of benzene rings is 5. The summed E-state index contributed by atoms with van der Waals surface area (Å²) in [5.74, 6) is -0.812. The Hall–Kier alpha value is -4.70. The second kappa shape index (κ2) is 18.9. The van der Waals surface area contributed by atoms with Crippen LogP contribution >= 0.6 is 11.6 Å². The Morgan fingerprint density at radius 2 is 1.50 bits per heavy atom. The molecule has 0 heterocycles. The van der Waals surface area contributed by atoms with E-state index < -0.39 is 32.4 Å². The predicted molar refractivity (Wildman–Crippen MR) is 237 cm³/mol. The Bertz CT molecular complexity index is 2580. The zero-order valence-corrected chi connectivity index (χ0v) is 36.0. The molecule has 0 spiro atoms. The maximum absolute atomic E-state index is 13.2. The van der Waals surface area contributed by atoms with Gasteiger partial charge in [-0.3, -0.25) is 14.1 Å². The van der Waals surface area contributed by atoms with Gasteiger partial charge in [0.2, 0.25) is 5.91 Å². The summed E-state index contributed by atoms with van der Waals surface area (Å²) in [6.45, 7) is 17.4. The number of rotatable bonds is 14. The number of phenolic OH excluding ortho intramolecular Hbond substituents is 2. The van der Waals surface area contributed by atoms with Gasteiger partial charge in [-0.15, -0.1) is 10.2 Å². The monoisotopic (exact) mass is 868 g/mol. The molecule has 0 saturated heterocycles. The molecular formula is C44H50ClN4NaO9S. The van der Waals surface area contributed by atoms with Gasteiger partial charge in [0.1, 0.15) is 27.8 Å². The number of hydrogen-bond donors (Lipinski definition) is 4. The average molecular weight is 869 g/mol. The Kier molecular flexibility index (Phi) is 15.1. The molecule has 0 aliphatic heterocycles. The molecule has 5 rings (SSSR count).